The molecule has 2 heterocycles. The second-order valence-electron chi connectivity index (χ2n) is 3.71. The Morgan fingerprint density at radius 1 is 1.11 bits per heavy atom. The van der Waals surface area contributed by atoms with Crippen molar-refractivity contribution in [2.24, 2.45) is 0 Å². The second kappa shape index (κ2) is 4.66. The maximum Gasteiger partial charge on any atom is 0.328 e. The summed E-state index contributed by atoms with van der Waals surface area (Å²) in [4.78, 5) is 15.6. The van der Waals surface area contributed by atoms with E-state index in [1.54, 1.807) is 18.3 Å². The molecule has 0 saturated heterocycles. The average Bonchev–Trinajstić information content (AvgIpc) is 2.37. The molecule has 7 heteroatoms. The van der Waals surface area contributed by atoms with Gasteiger partial charge >= 0.3 is 6.01 Å². The van der Waals surface area contributed by atoms with Crippen LogP contribution >= 0.6 is 11.6 Å². The lowest BCUT2D eigenvalue weighted by Crippen LogP contribution is -2.00. The van der Waals surface area contributed by atoms with E-state index < -0.39 is 0 Å². The molecule has 6 nitrogen and oxygen atoms in total. The van der Waals surface area contributed by atoms with Crippen molar-refractivity contribution < 1.29 is 4.74 Å². The number of anilines is 1. The van der Waals surface area contributed by atoms with E-state index in [-0.39, 0.29) is 17.2 Å². The standard InChI is InChI=1S/C12H8ClN5O/c13-10-16-11(14)18-12(17-10)19-8-4-3-7-2-1-5-15-9(7)6-8/h1-6H,(H2,14,16,17,18). The van der Waals surface area contributed by atoms with Gasteiger partial charge in [-0.3, -0.25) is 4.98 Å². The van der Waals surface area contributed by atoms with E-state index >= 15 is 0 Å². The third-order valence-electron chi connectivity index (χ3n) is 2.39. The van der Waals surface area contributed by atoms with Crippen LogP contribution in [0.1, 0.15) is 0 Å². The summed E-state index contributed by atoms with van der Waals surface area (Å²) >= 11 is 5.68. The molecule has 0 amide bonds. The predicted molar refractivity (Wildman–Crippen MR) is 71.1 cm³/mol. The van der Waals surface area contributed by atoms with Crippen LogP contribution in [-0.4, -0.2) is 19.9 Å². The van der Waals surface area contributed by atoms with Crippen molar-refractivity contribution in [1.29, 1.82) is 0 Å². The van der Waals surface area contributed by atoms with Gasteiger partial charge in [-0.1, -0.05) is 6.07 Å². The Labute approximate surface area is 113 Å². The minimum absolute atomic E-state index is 0.00825. The molecule has 19 heavy (non-hydrogen) atoms. The first-order valence-electron chi connectivity index (χ1n) is 5.40. The maximum absolute atomic E-state index is 5.68. The van der Waals surface area contributed by atoms with Crippen LogP contribution in [0, 0.1) is 0 Å². The third kappa shape index (κ3) is 2.53. The first kappa shape index (κ1) is 11.6. The second-order valence-corrected chi connectivity index (χ2v) is 4.04. The smallest absolute Gasteiger partial charge is 0.328 e. The first-order chi connectivity index (χ1) is 9.20. The molecule has 0 unspecified atom stereocenters. The molecular weight excluding hydrogens is 266 g/mol. The van der Waals surface area contributed by atoms with Crippen LogP contribution < -0.4 is 10.5 Å². The molecule has 0 spiro atoms. The molecular formula is C12H8ClN5O. The molecule has 0 atom stereocenters. The number of halogens is 1. The molecule has 0 radical (unpaired) electrons. The van der Waals surface area contributed by atoms with Crippen molar-refractivity contribution in [1.82, 2.24) is 19.9 Å². The van der Waals surface area contributed by atoms with Gasteiger partial charge in [-0.15, -0.1) is 0 Å². The van der Waals surface area contributed by atoms with Gasteiger partial charge in [0.1, 0.15) is 5.75 Å². The van der Waals surface area contributed by atoms with E-state index in [2.05, 4.69) is 19.9 Å². The van der Waals surface area contributed by atoms with E-state index in [0.717, 1.165) is 10.9 Å². The topological polar surface area (TPSA) is 86.8 Å². The average molecular weight is 274 g/mol. The van der Waals surface area contributed by atoms with E-state index in [1.165, 1.54) is 0 Å². The van der Waals surface area contributed by atoms with Gasteiger partial charge in [0.2, 0.25) is 11.2 Å². The number of nitrogen functional groups attached to an aromatic ring is 1. The fourth-order valence-electron chi connectivity index (χ4n) is 1.61. The zero-order chi connectivity index (χ0) is 13.2. The number of nitrogens with two attached hydrogens (primary N) is 1. The van der Waals surface area contributed by atoms with Gasteiger partial charge in [0.15, 0.2) is 0 Å². The van der Waals surface area contributed by atoms with Gasteiger partial charge in [-0.25, -0.2) is 0 Å². The summed E-state index contributed by atoms with van der Waals surface area (Å²) in [5.41, 5.74) is 6.28. The molecule has 0 aliphatic heterocycles. The van der Waals surface area contributed by atoms with Gasteiger partial charge in [-0.2, -0.15) is 15.0 Å². The normalized spacial score (nSPS) is 10.6. The van der Waals surface area contributed by atoms with E-state index in [4.69, 9.17) is 22.1 Å². The number of ether oxygens (including phenoxy) is 1. The Kier molecular flexibility index (Phi) is 2.85. The highest BCUT2D eigenvalue weighted by Gasteiger charge is 2.06. The molecule has 0 saturated carbocycles. The molecule has 2 N–H and O–H groups in total. The van der Waals surface area contributed by atoms with Crippen LogP contribution in [0.3, 0.4) is 0 Å². The Morgan fingerprint density at radius 3 is 2.84 bits per heavy atom. The Hall–Kier alpha value is -2.47. The van der Waals surface area contributed by atoms with Gasteiger partial charge in [0.25, 0.3) is 0 Å². The molecule has 2 aromatic heterocycles. The number of benzene rings is 1. The van der Waals surface area contributed by atoms with Crippen LogP contribution in [0.5, 0.6) is 11.8 Å². The fourth-order valence-corrected chi connectivity index (χ4v) is 1.77. The monoisotopic (exact) mass is 273 g/mol. The van der Waals surface area contributed by atoms with Crippen LogP contribution in [0.15, 0.2) is 36.5 Å². The highest BCUT2D eigenvalue weighted by Crippen LogP contribution is 2.23. The SMILES string of the molecule is Nc1nc(Cl)nc(Oc2ccc3cccnc3c2)n1. The zero-order valence-electron chi connectivity index (χ0n) is 9.62. The quantitative estimate of drug-likeness (QED) is 0.772. The number of pyridine rings is 1. The van der Waals surface area contributed by atoms with Crippen molar-refractivity contribution in [2.45, 2.75) is 0 Å². The highest BCUT2D eigenvalue weighted by atomic mass is 35.5. The minimum atomic E-state index is -0.0126. The summed E-state index contributed by atoms with van der Waals surface area (Å²) in [6, 6.07) is 9.34. The maximum atomic E-state index is 5.68. The van der Waals surface area contributed by atoms with E-state index in [9.17, 15) is 0 Å². The Balaban J connectivity index is 1.96. The van der Waals surface area contributed by atoms with Gasteiger partial charge in [0.05, 0.1) is 5.52 Å². The predicted octanol–water partition coefficient (Wildman–Crippen LogP) is 2.45. The molecule has 0 fully saturated rings. The zero-order valence-corrected chi connectivity index (χ0v) is 10.4. The van der Waals surface area contributed by atoms with Crippen molar-refractivity contribution in [3.05, 3.63) is 41.8 Å². The molecule has 1 aromatic carbocycles. The van der Waals surface area contributed by atoms with Crippen molar-refractivity contribution in [2.75, 3.05) is 5.73 Å². The largest absolute Gasteiger partial charge is 0.424 e. The number of fused-ring (bicyclic) bond motifs is 1. The van der Waals surface area contributed by atoms with E-state index in [0.29, 0.717) is 5.75 Å². The first-order valence-corrected chi connectivity index (χ1v) is 5.78. The minimum Gasteiger partial charge on any atom is -0.424 e. The van der Waals surface area contributed by atoms with Crippen molar-refractivity contribution in [3.8, 4) is 11.8 Å². The van der Waals surface area contributed by atoms with Gasteiger partial charge in [-0.05, 0) is 29.8 Å². The summed E-state index contributed by atoms with van der Waals surface area (Å²) in [6.45, 7) is 0. The lowest BCUT2D eigenvalue weighted by molar-refractivity contribution is 0.441. The third-order valence-corrected chi connectivity index (χ3v) is 2.56. The Bertz CT molecular complexity index is 729. The molecule has 0 aliphatic carbocycles. The number of nitrogens with zero attached hydrogens (tertiary/aromatic N) is 4. The number of hydrogen-bond donors (Lipinski definition) is 1. The molecule has 0 bridgehead atoms. The molecule has 0 aliphatic rings. The van der Waals surface area contributed by atoms with Crippen LogP contribution in [-0.2, 0) is 0 Å². The summed E-state index contributed by atoms with van der Waals surface area (Å²) in [5, 5.41) is 1.00. The number of rotatable bonds is 2. The summed E-state index contributed by atoms with van der Waals surface area (Å²) in [7, 11) is 0. The van der Waals surface area contributed by atoms with Crippen LogP contribution in [0.2, 0.25) is 5.28 Å². The Morgan fingerprint density at radius 2 is 2.00 bits per heavy atom. The summed E-state index contributed by atoms with van der Waals surface area (Å²) in [6.07, 6.45) is 1.71. The summed E-state index contributed by atoms with van der Waals surface area (Å²) < 4.78 is 5.48. The molecule has 3 aromatic rings. The number of aromatic nitrogens is 4. The fraction of sp³-hybridized carbons (Fsp3) is 0. The lowest BCUT2D eigenvalue weighted by atomic mass is 10.2. The van der Waals surface area contributed by atoms with Crippen molar-refractivity contribution >= 4 is 28.5 Å². The van der Waals surface area contributed by atoms with Crippen molar-refractivity contribution in [3.63, 3.8) is 0 Å². The van der Waals surface area contributed by atoms with Gasteiger partial charge in [0, 0.05) is 17.6 Å². The molecule has 3 rings (SSSR count). The summed E-state index contributed by atoms with van der Waals surface area (Å²) in [5.74, 6) is 0.557. The van der Waals surface area contributed by atoms with Crippen LogP contribution in [0.25, 0.3) is 10.9 Å². The molecule has 94 valence electrons. The van der Waals surface area contributed by atoms with Crippen LogP contribution in [0.4, 0.5) is 5.95 Å². The highest BCUT2D eigenvalue weighted by molar-refractivity contribution is 6.28. The van der Waals surface area contributed by atoms with Gasteiger partial charge < -0.3 is 10.5 Å². The lowest BCUT2D eigenvalue weighted by Gasteiger charge is -2.05. The number of hydrogen-bond acceptors (Lipinski definition) is 6. The van der Waals surface area contributed by atoms with E-state index in [1.807, 2.05) is 18.2 Å².